The zero-order chi connectivity index (χ0) is 11.8. The average molecular weight is 231 g/mol. The first-order valence-electron chi connectivity index (χ1n) is 6.00. The Labute approximate surface area is 101 Å². The molecule has 1 aromatic heterocycles. The van der Waals surface area contributed by atoms with Gasteiger partial charge in [-0.25, -0.2) is 0 Å². The van der Waals surface area contributed by atoms with Crippen LogP contribution in [0.4, 0.5) is 0 Å². The standard InChI is InChI=1S/C13H17N3O/c1-15-8-7-10(9-15)17-13-14-11-5-3-4-6-12(11)16(13)2/h3-6,10H,7-9H2,1-2H3. The summed E-state index contributed by atoms with van der Waals surface area (Å²) in [6.45, 7) is 2.10. The minimum Gasteiger partial charge on any atom is -0.460 e. The molecule has 1 saturated heterocycles. The number of likely N-dealkylation sites (tertiary alicyclic amines) is 1. The highest BCUT2D eigenvalue weighted by atomic mass is 16.5. The summed E-state index contributed by atoms with van der Waals surface area (Å²) in [5.74, 6) is 0. The third-order valence-corrected chi connectivity index (χ3v) is 3.37. The first-order chi connectivity index (χ1) is 8.24. The molecule has 1 unspecified atom stereocenters. The summed E-state index contributed by atoms with van der Waals surface area (Å²) < 4.78 is 7.99. The number of likely N-dealkylation sites (N-methyl/N-ethyl adjacent to an activating group) is 1. The van der Waals surface area contributed by atoms with E-state index in [2.05, 4.69) is 23.0 Å². The first kappa shape index (κ1) is 10.6. The monoisotopic (exact) mass is 231 g/mol. The van der Waals surface area contributed by atoms with Crippen molar-refractivity contribution in [1.29, 1.82) is 0 Å². The van der Waals surface area contributed by atoms with E-state index >= 15 is 0 Å². The van der Waals surface area contributed by atoms with E-state index in [-0.39, 0.29) is 6.10 Å². The van der Waals surface area contributed by atoms with Crippen molar-refractivity contribution in [3.8, 4) is 6.01 Å². The summed E-state index contributed by atoms with van der Waals surface area (Å²) in [6.07, 6.45) is 1.36. The molecule has 4 heteroatoms. The van der Waals surface area contributed by atoms with Crippen molar-refractivity contribution in [2.75, 3.05) is 20.1 Å². The number of imidazole rings is 1. The molecule has 90 valence electrons. The van der Waals surface area contributed by atoms with Crippen molar-refractivity contribution in [1.82, 2.24) is 14.5 Å². The average Bonchev–Trinajstić information content (AvgIpc) is 2.86. The van der Waals surface area contributed by atoms with Crippen LogP contribution >= 0.6 is 0 Å². The molecule has 0 bridgehead atoms. The molecule has 3 rings (SSSR count). The fourth-order valence-corrected chi connectivity index (χ4v) is 2.37. The second-order valence-corrected chi connectivity index (χ2v) is 4.73. The maximum Gasteiger partial charge on any atom is 0.297 e. The predicted octanol–water partition coefficient (Wildman–Crippen LogP) is 1.66. The van der Waals surface area contributed by atoms with E-state index in [0.29, 0.717) is 0 Å². The molecule has 1 aliphatic heterocycles. The molecule has 0 saturated carbocycles. The molecule has 1 aliphatic rings. The maximum atomic E-state index is 5.97. The molecule has 1 atom stereocenters. The van der Waals surface area contributed by atoms with Crippen LogP contribution in [-0.4, -0.2) is 40.7 Å². The molecule has 1 aromatic carbocycles. The Hall–Kier alpha value is -1.55. The van der Waals surface area contributed by atoms with Gasteiger partial charge in [0.25, 0.3) is 6.01 Å². The van der Waals surface area contributed by atoms with Gasteiger partial charge in [-0.05, 0) is 25.6 Å². The van der Waals surface area contributed by atoms with Gasteiger partial charge in [0.15, 0.2) is 0 Å². The lowest BCUT2D eigenvalue weighted by Crippen LogP contribution is -2.22. The fourth-order valence-electron chi connectivity index (χ4n) is 2.37. The van der Waals surface area contributed by atoms with E-state index in [1.54, 1.807) is 0 Å². The first-order valence-corrected chi connectivity index (χ1v) is 6.00. The third kappa shape index (κ3) is 1.89. The molecule has 4 nitrogen and oxygen atoms in total. The van der Waals surface area contributed by atoms with Crippen LogP contribution in [0.3, 0.4) is 0 Å². The fraction of sp³-hybridized carbons (Fsp3) is 0.462. The molecule has 2 heterocycles. The van der Waals surface area contributed by atoms with Gasteiger partial charge in [0, 0.05) is 20.1 Å². The van der Waals surface area contributed by atoms with Crippen LogP contribution in [-0.2, 0) is 7.05 Å². The zero-order valence-electron chi connectivity index (χ0n) is 10.3. The SMILES string of the molecule is CN1CCC(Oc2nc3ccccc3n2C)C1. The summed E-state index contributed by atoms with van der Waals surface area (Å²) >= 11 is 0. The van der Waals surface area contributed by atoms with Crippen LogP contribution in [0.15, 0.2) is 24.3 Å². The normalized spacial score (nSPS) is 21.2. The Kier molecular flexibility index (Phi) is 2.52. The largest absolute Gasteiger partial charge is 0.460 e. The molecular formula is C13H17N3O. The lowest BCUT2D eigenvalue weighted by atomic mass is 10.3. The van der Waals surface area contributed by atoms with Crippen LogP contribution in [0.1, 0.15) is 6.42 Å². The molecule has 0 spiro atoms. The lowest BCUT2D eigenvalue weighted by molar-refractivity contribution is 0.187. The van der Waals surface area contributed by atoms with Crippen LogP contribution in [0.5, 0.6) is 6.01 Å². The van der Waals surface area contributed by atoms with Gasteiger partial charge in [-0.1, -0.05) is 12.1 Å². The van der Waals surface area contributed by atoms with Crippen molar-refractivity contribution in [3.63, 3.8) is 0 Å². The van der Waals surface area contributed by atoms with Gasteiger partial charge in [-0.15, -0.1) is 0 Å². The minimum atomic E-state index is 0.274. The summed E-state index contributed by atoms with van der Waals surface area (Å²) in [5.41, 5.74) is 2.12. The van der Waals surface area contributed by atoms with Crippen LogP contribution in [0.25, 0.3) is 11.0 Å². The molecule has 2 aromatic rings. The van der Waals surface area contributed by atoms with Crippen molar-refractivity contribution >= 4 is 11.0 Å². The smallest absolute Gasteiger partial charge is 0.297 e. The number of hydrogen-bond acceptors (Lipinski definition) is 3. The lowest BCUT2D eigenvalue weighted by Gasteiger charge is -2.12. The van der Waals surface area contributed by atoms with Gasteiger partial charge in [-0.2, -0.15) is 4.98 Å². The van der Waals surface area contributed by atoms with E-state index < -0.39 is 0 Å². The highest BCUT2D eigenvalue weighted by Gasteiger charge is 2.22. The number of para-hydroxylation sites is 2. The molecular weight excluding hydrogens is 214 g/mol. The quantitative estimate of drug-likeness (QED) is 0.787. The molecule has 0 amide bonds. The van der Waals surface area contributed by atoms with Gasteiger partial charge >= 0.3 is 0 Å². The number of aryl methyl sites for hydroxylation is 1. The summed E-state index contributed by atoms with van der Waals surface area (Å²) in [6, 6.07) is 8.84. The van der Waals surface area contributed by atoms with Gasteiger partial charge < -0.3 is 9.64 Å². The molecule has 0 radical (unpaired) electrons. The highest BCUT2D eigenvalue weighted by Crippen LogP contribution is 2.22. The maximum absolute atomic E-state index is 5.97. The van der Waals surface area contributed by atoms with Gasteiger partial charge in [0.1, 0.15) is 6.10 Å². The molecule has 0 N–H and O–H groups in total. The van der Waals surface area contributed by atoms with E-state index in [9.17, 15) is 0 Å². The van der Waals surface area contributed by atoms with Crippen LogP contribution in [0.2, 0.25) is 0 Å². The van der Waals surface area contributed by atoms with Gasteiger partial charge in [-0.3, -0.25) is 4.57 Å². The van der Waals surface area contributed by atoms with Gasteiger partial charge in [0.05, 0.1) is 11.0 Å². The number of aromatic nitrogens is 2. The van der Waals surface area contributed by atoms with Crippen LogP contribution < -0.4 is 4.74 Å². The van der Waals surface area contributed by atoms with E-state index in [0.717, 1.165) is 36.6 Å². The highest BCUT2D eigenvalue weighted by molar-refractivity contribution is 5.76. The predicted molar refractivity (Wildman–Crippen MR) is 67.2 cm³/mol. The third-order valence-electron chi connectivity index (χ3n) is 3.37. The molecule has 0 aliphatic carbocycles. The van der Waals surface area contributed by atoms with Crippen molar-refractivity contribution < 1.29 is 4.74 Å². The second kappa shape index (κ2) is 4.04. The zero-order valence-corrected chi connectivity index (χ0v) is 10.3. The van der Waals surface area contributed by atoms with Crippen molar-refractivity contribution in [2.45, 2.75) is 12.5 Å². The van der Waals surface area contributed by atoms with Crippen molar-refractivity contribution in [3.05, 3.63) is 24.3 Å². The Morgan fingerprint density at radius 3 is 2.82 bits per heavy atom. The Bertz CT molecular complexity index is 534. The van der Waals surface area contributed by atoms with Crippen LogP contribution in [0, 0.1) is 0 Å². The Balaban J connectivity index is 1.88. The Morgan fingerprint density at radius 1 is 1.29 bits per heavy atom. The number of benzene rings is 1. The number of hydrogen-bond donors (Lipinski definition) is 0. The van der Waals surface area contributed by atoms with Gasteiger partial charge in [0.2, 0.25) is 0 Å². The number of fused-ring (bicyclic) bond motifs is 1. The second-order valence-electron chi connectivity index (χ2n) is 4.73. The number of ether oxygens (including phenoxy) is 1. The van der Waals surface area contributed by atoms with Crippen molar-refractivity contribution in [2.24, 2.45) is 7.05 Å². The topological polar surface area (TPSA) is 30.3 Å². The Morgan fingerprint density at radius 2 is 2.12 bits per heavy atom. The summed E-state index contributed by atoms with van der Waals surface area (Å²) in [4.78, 5) is 6.81. The summed E-state index contributed by atoms with van der Waals surface area (Å²) in [7, 11) is 4.13. The van der Waals surface area contributed by atoms with E-state index in [1.165, 1.54) is 0 Å². The minimum absolute atomic E-state index is 0.274. The number of rotatable bonds is 2. The van der Waals surface area contributed by atoms with E-state index in [1.807, 2.05) is 29.8 Å². The molecule has 1 fully saturated rings. The molecule has 17 heavy (non-hydrogen) atoms. The van der Waals surface area contributed by atoms with E-state index in [4.69, 9.17) is 4.74 Å². The number of nitrogens with zero attached hydrogens (tertiary/aromatic N) is 3. The summed E-state index contributed by atoms with van der Waals surface area (Å²) in [5, 5.41) is 0.